The summed E-state index contributed by atoms with van der Waals surface area (Å²) in [5, 5.41) is 0. The fraction of sp³-hybridized carbons (Fsp3) is 1.00. The Bertz CT molecular complexity index is 115. The fourth-order valence-electron chi connectivity index (χ4n) is 1.82. The summed E-state index contributed by atoms with van der Waals surface area (Å²) in [6.45, 7) is 9.18. The van der Waals surface area contributed by atoms with Crippen molar-refractivity contribution in [2.24, 2.45) is 5.73 Å². The number of nitrogens with two attached hydrogens (primary N) is 1. The van der Waals surface area contributed by atoms with Crippen molar-refractivity contribution in [2.45, 2.75) is 58.8 Å². The standard InChI is InChI=1S/C13H30N2/c1-3-5-12-15(4-2)13-10-8-6-7-9-11-14/h3-14H2,1-2H3. The highest BCUT2D eigenvalue weighted by molar-refractivity contribution is 4.55. The first-order valence-electron chi connectivity index (χ1n) is 6.77. The zero-order valence-corrected chi connectivity index (χ0v) is 10.8. The van der Waals surface area contributed by atoms with Crippen LogP contribution in [-0.2, 0) is 0 Å². The normalized spacial score (nSPS) is 11.2. The van der Waals surface area contributed by atoms with Gasteiger partial charge in [-0.25, -0.2) is 0 Å². The molecular formula is C13H30N2. The molecule has 0 aliphatic carbocycles. The van der Waals surface area contributed by atoms with E-state index < -0.39 is 0 Å². The van der Waals surface area contributed by atoms with E-state index in [1.807, 2.05) is 0 Å². The maximum Gasteiger partial charge on any atom is -0.00189 e. The molecule has 0 rings (SSSR count). The van der Waals surface area contributed by atoms with Gasteiger partial charge in [0, 0.05) is 0 Å². The Hall–Kier alpha value is -0.0800. The van der Waals surface area contributed by atoms with Crippen molar-refractivity contribution in [1.29, 1.82) is 0 Å². The van der Waals surface area contributed by atoms with Crippen LogP contribution in [-0.4, -0.2) is 31.1 Å². The zero-order chi connectivity index (χ0) is 11.4. The largest absolute Gasteiger partial charge is 0.330 e. The number of nitrogens with zero attached hydrogens (tertiary/aromatic N) is 1. The molecule has 92 valence electrons. The molecule has 0 fully saturated rings. The smallest absolute Gasteiger partial charge is 0.00189 e. The van der Waals surface area contributed by atoms with Crippen LogP contribution in [0.25, 0.3) is 0 Å². The summed E-state index contributed by atoms with van der Waals surface area (Å²) >= 11 is 0. The molecule has 0 aromatic heterocycles. The quantitative estimate of drug-likeness (QED) is 0.536. The molecule has 0 aromatic carbocycles. The summed E-state index contributed by atoms with van der Waals surface area (Å²) in [6.07, 6.45) is 9.28. The second-order valence-corrected chi connectivity index (χ2v) is 4.34. The van der Waals surface area contributed by atoms with Crippen LogP contribution in [0.3, 0.4) is 0 Å². The van der Waals surface area contributed by atoms with E-state index in [-0.39, 0.29) is 0 Å². The average Bonchev–Trinajstić information content (AvgIpc) is 2.27. The molecule has 0 unspecified atom stereocenters. The lowest BCUT2D eigenvalue weighted by molar-refractivity contribution is 0.276. The van der Waals surface area contributed by atoms with Crippen LogP contribution in [0, 0.1) is 0 Å². The molecule has 0 amide bonds. The first-order valence-corrected chi connectivity index (χ1v) is 6.77. The number of hydrogen-bond donors (Lipinski definition) is 1. The van der Waals surface area contributed by atoms with Crippen molar-refractivity contribution < 1.29 is 0 Å². The van der Waals surface area contributed by atoms with Crippen LogP contribution in [0.4, 0.5) is 0 Å². The first-order chi connectivity index (χ1) is 7.35. The molecule has 0 heterocycles. The van der Waals surface area contributed by atoms with Gasteiger partial charge in [0.1, 0.15) is 0 Å². The Labute approximate surface area is 96.2 Å². The van der Waals surface area contributed by atoms with E-state index in [1.54, 1.807) is 0 Å². The van der Waals surface area contributed by atoms with Gasteiger partial charge in [0.25, 0.3) is 0 Å². The van der Waals surface area contributed by atoms with Crippen molar-refractivity contribution in [3.63, 3.8) is 0 Å². The third-order valence-electron chi connectivity index (χ3n) is 2.95. The van der Waals surface area contributed by atoms with Gasteiger partial charge >= 0.3 is 0 Å². The van der Waals surface area contributed by atoms with Gasteiger partial charge in [-0.1, -0.05) is 39.5 Å². The molecule has 2 heteroatoms. The highest BCUT2D eigenvalue weighted by Crippen LogP contribution is 2.04. The van der Waals surface area contributed by atoms with E-state index in [4.69, 9.17) is 5.73 Å². The molecule has 2 N–H and O–H groups in total. The van der Waals surface area contributed by atoms with Crippen molar-refractivity contribution in [2.75, 3.05) is 26.2 Å². The minimum atomic E-state index is 0.859. The van der Waals surface area contributed by atoms with Crippen molar-refractivity contribution in [3.05, 3.63) is 0 Å². The van der Waals surface area contributed by atoms with Gasteiger partial charge in [-0.15, -0.1) is 0 Å². The number of rotatable bonds is 11. The molecule has 0 radical (unpaired) electrons. The van der Waals surface area contributed by atoms with Crippen LogP contribution >= 0.6 is 0 Å². The Morgan fingerprint density at radius 3 is 2.00 bits per heavy atom. The third-order valence-corrected chi connectivity index (χ3v) is 2.95. The van der Waals surface area contributed by atoms with Gasteiger partial charge in [-0.2, -0.15) is 0 Å². The molecule has 0 aliphatic rings. The molecule has 0 saturated heterocycles. The minimum absolute atomic E-state index is 0.859. The van der Waals surface area contributed by atoms with Crippen molar-refractivity contribution in [1.82, 2.24) is 4.90 Å². The lowest BCUT2D eigenvalue weighted by Gasteiger charge is -2.19. The molecule has 0 aromatic rings. The highest BCUT2D eigenvalue weighted by atomic mass is 15.1. The molecule has 0 aliphatic heterocycles. The first kappa shape index (κ1) is 14.9. The second-order valence-electron chi connectivity index (χ2n) is 4.34. The van der Waals surface area contributed by atoms with Gasteiger partial charge in [-0.3, -0.25) is 0 Å². The predicted octanol–water partition coefficient (Wildman–Crippen LogP) is 3.02. The Kier molecular flexibility index (Phi) is 11.9. The van der Waals surface area contributed by atoms with E-state index in [0.29, 0.717) is 0 Å². The molecular weight excluding hydrogens is 184 g/mol. The van der Waals surface area contributed by atoms with Crippen LogP contribution in [0.2, 0.25) is 0 Å². The SMILES string of the molecule is CCCCN(CC)CCCCCCCN. The topological polar surface area (TPSA) is 29.3 Å². The summed E-state index contributed by atoms with van der Waals surface area (Å²) in [7, 11) is 0. The zero-order valence-electron chi connectivity index (χ0n) is 10.8. The van der Waals surface area contributed by atoms with E-state index in [1.165, 1.54) is 64.6 Å². The Morgan fingerprint density at radius 1 is 0.800 bits per heavy atom. The van der Waals surface area contributed by atoms with E-state index in [2.05, 4.69) is 18.7 Å². The van der Waals surface area contributed by atoms with Gasteiger partial charge in [0.2, 0.25) is 0 Å². The fourth-order valence-corrected chi connectivity index (χ4v) is 1.82. The van der Waals surface area contributed by atoms with Gasteiger partial charge < -0.3 is 10.6 Å². The molecule has 0 saturated carbocycles. The van der Waals surface area contributed by atoms with E-state index in [9.17, 15) is 0 Å². The maximum absolute atomic E-state index is 5.46. The van der Waals surface area contributed by atoms with Crippen LogP contribution in [0.5, 0.6) is 0 Å². The summed E-state index contributed by atoms with van der Waals surface area (Å²) in [5.41, 5.74) is 5.46. The Balaban J connectivity index is 3.22. The molecule has 2 nitrogen and oxygen atoms in total. The lowest BCUT2D eigenvalue weighted by Crippen LogP contribution is -2.25. The maximum atomic E-state index is 5.46. The van der Waals surface area contributed by atoms with E-state index in [0.717, 1.165) is 6.54 Å². The van der Waals surface area contributed by atoms with Gasteiger partial charge in [0.15, 0.2) is 0 Å². The Morgan fingerprint density at radius 2 is 1.40 bits per heavy atom. The second kappa shape index (κ2) is 12.0. The number of unbranched alkanes of at least 4 members (excludes halogenated alkanes) is 5. The summed E-state index contributed by atoms with van der Waals surface area (Å²) in [6, 6.07) is 0. The predicted molar refractivity (Wildman–Crippen MR) is 69.2 cm³/mol. The lowest BCUT2D eigenvalue weighted by atomic mass is 10.1. The van der Waals surface area contributed by atoms with Crippen molar-refractivity contribution >= 4 is 0 Å². The molecule has 15 heavy (non-hydrogen) atoms. The third kappa shape index (κ3) is 10.2. The monoisotopic (exact) mass is 214 g/mol. The molecule has 0 spiro atoms. The van der Waals surface area contributed by atoms with Crippen molar-refractivity contribution in [3.8, 4) is 0 Å². The van der Waals surface area contributed by atoms with Gasteiger partial charge in [-0.05, 0) is 45.4 Å². The number of hydrogen-bond acceptors (Lipinski definition) is 2. The summed E-state index contributed by atoms with van der Waals surface area (Å²) < 4.78 is 0. The van der Waals surface area contributed by atoms with Crippen LogP contribution in [0.15, 0.2) is 0 Å². The van der Waals surface area contributed by atoms with Gasteiger partial charge in [0.05, 0.1) is 0 Å². The van der Waals surface area contributed by atoms with Crippen LogP contribution in [0.1, 0.15) is 58.8 Å². The average molecular weight is 214 g/mol. The summed E-state index contributed by atoms with van der Waals surface area (Å²) in [5.74, 6) is 0. The van der Waals surface area contributed by atoms with Crippen LogP contribution < -0.4 is 5.73 Å². The molecule has 0 atom stereocenters. The minimum Gasteiger partial charge on any atom is -0.330 e. The summed E-state index contributed by atoms with van der Waals surface area (Å²) in [4.78, 5) is 2.58. The highest BCUT2D eigenvalue weighted by Gasteiger charge is 2.00. The van der Waals surface area contributed by atoms with E-state index >= 15 is 0 Å². The molecule has 0 bridgehead atoms.